The molecule has 134 valence electrons. The normalized spacial score (nSPS) is 14.8. The molecule has 2 aromatic rings. The Morgan fingerprint density at radius 3 is 3.08 bits per heavy atom. The first-order valence-corrected chi connectivity index (χ1v) is 8.79. The number of pyridine rings is 1. The van der Waals surface area contributed by atoms with Crippen LogP contribution in [-0.2, 0) is 30.8 Å². The summed E-state index contributed by atoms with van der Waals surface area (Å²) in [5.41, 5.74) is 3.38. The highest BCUT2D eigenvalue weighted by atomic mass is 16.3. The van der Waals surface area contributed by atoms with Crippen molar-refractivity contribution < 1.29 is 9.90 Å². The van der Waals surface area contributed by atoms with Gasteiger partial charge in [-0.2, -0.15) is 5.10 Å². The fourth-order valence-corrected chi connectivity index (χ4v) is 3.12. The van der Waals surface area contributed by atoms with Gasteiger partial charge in [-0.3, -0.25) is 19.4 Å². The molecule has 0 atom stereocenters. The van der Waals surface area contributed by atoms with Crippen LogP contribution in [0.4, 0.5) is 0 Å². The van der Waals surface area contributed by atoms with Crippen molar-refractivity contribution in [3.05, 3.63) is 47.5 Å². The molecule has 2 N–H and O–H groups in total. The van der Waals surface area contributed by atoms with Gasteiger partial charge in [0.25, 0.3) is 0 Å². The maximum absolute atomic E-state index is 11.7. The SMILES string of the molecule is O=C(CCc1cc2n(n1)CCCN(Cc1cccnc1)C2)NCCO. The first-order chi connectivity index (χ1) is 12.2. The van der Waals surface area contributed by atoms with E-state index in [1.54, 1.807) is 6.20 Å². The molecule has 1 aliphatic rings. The van der Waals surface area contributed by atoms with E-state index in [0.717, 1.165) is 38.3 Å². The summed E-state index contributed by atoms with van der Waals surface area (Å²) >= 11 is 0. The minimum atomic E-state index is -0.0459. The number of carbonyl (C=O) groups is 1. The smallest absolute Gasteiger partial charge is 0.220 e. The average Bonchev–Trinajstić information content (AvgIpc) is 2.91. The molecule has 25 heavy (non-hydrogen) atoms. The van der Waals surface area contributed by atoms with E-state index < -0.39 is 0 Å². The molecule has 3 rings (SSSR count). The van der Waals surface area contributed by atoms with E-state index in [2.05, 4.69) is 37.1 Å². The molecule has 0 spiro atoms. The second kappa shape index (κ2) is 8.73. The molecular formula is C18H25N5O2. The van der Waals surface area contributed by atoms with Crippen molar-refractivity contribution in [3.8, 4) is 0 Å². The van der Waals surface area contributed by atoms with Crippen LogP contribution in [0.25, 0.3) is 0 Å². The minimum absolute atomic E-state index is 0.0305. The predicted octanol–water partition coefficient (Wildman–Crippen LogP) is 0.725. The monoisotopic (exact) mass is 343 g/mol. The number of aliphatic hydroxyl groups is 1. The Bertz CT molecular complexity index is 686. The maximum Gasteiger partial charge on any atom is 0.220 e. The van der Waals surface area contributed by atoms with Gasteiger partial charge in [-0.25, -0.2) is 0 Å². The Balaban J connectivity index is 1.58. The van der Waals surface area contributed by atoms with Gasteiger partial charge in [0.2, 0.25) is 5.91 Å². The molecule has 7 nitrogen and oxygen atoms in total. The summed E-state index contributed by atoms with van der Waals surface area (Å²) in [5.74, 6) is -0.0459. The van der Waals surface area contributed by atoms with Crippen molar-refractivity contribution in [1.82, 2.24) is 25.0 Å². The van der Waals surface area contributed by atoms with Crippen molar-refractivity contribution >= 4 is 5.91 Å². The molecule has 7 heteroatoms. The number of aryl methyl sites for hydroxylation is 2. The van der Waals surface area contributed by atoms with Gasteiger partial charge in [0, 0.05) is 58.0 Å². The zero-order valence-electron chi connectivity index (χ0n) is 14.4. The lowest BCUT2D eigenvalue weighted by Gasteiger charge is -2.19. The van der Waals surface area contributed by atoms with Gasteiger partial charge in [-0.1, -0.05) is 6.07 Å². The van der Waals surface area contributed by atoms with Crippen LogP contribution in [-0.4, -0.2) is 50.4 Å². The quantitative estimate of drug-likeness (QED) is 0.774. The average molecular weight is 343 g/mol. The highest BCUT2D eigenvalue weighted by molar-refractivity contribution is 5.76. The Kier molecular flexibility index (Phi) is 6.14. The summed E-state index contributed by atoms with van der Waals surface area (Å²) in [6.07, 6.45) is 5.80. The van der Waals surface area contributed by atoms with Crippen LogP contribution in [0.1, 0.15) is 29.8 Å². The second-order valence-corrected chi connectivity index (χ2v) is 6.35. The van der Waals surface area contributed by atoms with E-state index in [0.29, 0.717) is 19.4 Å². The largest absolute Gasteiger partial charge is 0.395 e. The van der Waals surface area contributed by atoms with Gasteiger partial charge < -0.3 is 10.4 Å². The first kappa shape index (κ1) is 17.6. The van der Waals surface area contributed by atoms with Crippen molar-refractivity contribution in [2.24, 2.45) is 0 Å². The van der Waals surface area contributed by atoms with Gasteiger partial charge in [-0.05, 0) is 24.1 Å². The molecule has 3 heterocycles. The number of aliphatic hydroxyl groups excluding tert-OH is 1. The Labute approximate surface area is 147 Å². The molecule has 2 aromatic heterocycles. The molecule has 0 radical (unpaired) electrons. The van der Waals surface area contributed by atoms with Crippen LogP contribution in [0, 0.1) is 0 Å². The van der Waals surface area contributed by atoms with E-state index in [-0.39, 0.29) is 12.5 Å². The number of carbonyl (C=O) groups excluding carboxylic acids is 1. The van der Waals surface area contributed by atoms with Crippen molar-refractivity contribution in [2.45, 2.75) is 38.9 Å². The number of hydrogen-bond donors (Lipinski definition) is 2. The molecule has 0 bridgehead atoms. The topological polar surface area (TPSA) is 83.3 Å². The van der Waals surface area contributed by atoms with Crippen molar-refractivity contribution in [1.29, 1.82) is 0 Å². The Hall–Kier alpha value is -2.25. The first-order valence-electron chi connectivity index (χ1n) is 8.79. The number of hydrogen-bond acceptors (Lipinski definition) is 5. The maximum atomic E-state index is 11.7. The van der Waals surface area contributed by atoms with Gasteiger partial charge >= 0.3 is 0 Å². The molecule has 0 saturated heterocycles. The standard InChI is InChI=1S/C18H25N5O2/c24-10-7-20-18(25)5-4-16-11-17-14-22(8-2-9-23(17)21-16)13-15-3-1-6-19-12-15/h1,3,6,11-12,24H,2,4-5,7-10,13-14H2,(H,20,25). The summed E-state index contributed by atoms with van der Waals surface area (Å²) in [7, 11) is 0. The summed E-state index contributed by atoms with van der Waals surface area (Å²) < 4.78 is 2.07. The molecule has 0 aromatic carbocycles. The lowest BCUT2D eigenvalue weighted by atomic mass is 10.2. The van der Waals surface area contributed by atoms with Crippen LogP contribution in [0.2, 0.25) is 0 Å². The molecule has 0 aliphatic carbocycles. The zero-order chi connectivity index (χ0) is 17.5. The van der Waals surface area contributed by atoms with Crippen LogP contribution >= 0.6 is 0 Å². The fraction of sp³-hybridized carbons (Fsp3) is 0.500. The van der Waals surface area contributed by atoms with Gasteiger partial charge in [0.1, 0.15) is 0 Å². The van der Waals surface area contributed by atoms with E-state index in [1.165, 1.54) is 11.3 Å². The van der Waals surface area contributed by atoms with Crippen LogP contribution in [0.5, 0.6) is 0 Å². The number of fused-ring (bicyclic) bond motifs is 1. The van der Waals surface area contributed by atoms with E-state index in [4.69, 9.17) is 5.11 Å². The molecule has 1 amide bonds. The second-order valence-electron chi connectivity index (χ2n) is 6.35. The van der Waals surface area contributed by atoms with Crippen molar-refractivity contribution in [3.63, 3.8) is 0 Å². The fourth-order valence-electron chi connectivity index (χ4n) is 3.12. The summed E-state index contributed by atoms with van der Waals surface area (Å²) in [4.78, 5) is 18.3. The lowest BCUT2D eigenvalue weighted by Crippen LogP contribution is -2.26. The molecule has 0 unspecified atom stereocenters. The summed E-state index contributed by atoms with van der Waals surface area (Å²) in [6, 6.07) is 6.18. The summed E-state index contributed by atoms with van der Waals surface area (Å²) in [6.45, 7) is 3.97. The van der Waals surface area contributed by atoms with E-state index in [1.807, 2.05) is 12.3 Å². The molecule has 0 fully saturated rings. The third-order valence-corrected chi connectivity index (χ3v) is 4.31. The summed E-state index contributed by atoms with van der Waals surface area (Å²) in [5, 5.41) is 16.1. The number of aromatic nitrogens is 3. The van der Waals surface area contributed by atoms with Crippen LogP contribution in [0.15, 0.2) is 30.6 Å². The number of rotatable bonds is 7. The Morgan fingerprint density at radius 1 is 1.36 bits per heavy atom. The molecule has 1 aliphatic heterocycles. The van der Waals surface area contributed by atoms with Gasteiger partial charge in [0.05, 0.1) is 18.0 Å². The highest BCUT2D eigenvalue weighted by Gasteiger charge is 2.17. The lowest BCUT2D eigenvalue weighted by molar-refractivity contribution is -0.121. The van der Waals surface area contributed by atoms with E-state index >= 15 is 0 Å². The third kappa shape index (κ3) is 5.11. The predicted molar refractivity (Wildman–Crippen MR) is 93.6 cm³/mol. The molecule has 0 saturated carbocycles. The van der Waals surface area contributed by atoms with E-state index in [9.17, 15) is 4.79 Å². The molecular weight excluding hydrogens is 318 g/mol. The van der Waals surface area contributed by atoms with Crippen molar-refractivity contribution in [2.75, 3.05) is 19.7 Å². The van der Waals surface area contributed by atoms with Crippen LogP contribution < -0.4 is 5.32 Å². The number of amides is 1. The highest BCUT2D eigenvalue weighted by Crippen LogP contribution is 2.16. The van der Waals surface area contributed by atoms with Gasteiger partial charge in [0.15, 0.2) is 0 Å². The zero-order valence-corrected chi connectivity index (χ0v) is 14.4. The third-order valence-electron chi connectivity index (χ3n) is 4.31. The van der Waals surface area contributed by atoms with Gasteiger partial charge in [-0.15, -0.1) is 0 Å². The minimum Gasteiger partial charge on any atom is -0.395 e. The van der Waals surface area contributed by atoms with Crippen LogP contribution in [0.3, 0.4) is 0 Å². The number of nitrogens with one attached hydrogen (secondary N) is 1. The number of nitrogens with zero attached hydrogens (tertiary/aromatic N) is 4. The Morgan fingerprint density at radius 2 is 2.28 bits per heavy atom.